The van der Waals surface area contributed by atoms with Crippen molar-refractivity contribution in [2.24, 2.45) is 5.92 Å². The summed E-state index contributed by atoms with van der Waals surface area (Å²) >= 11 is 3.38. The average molecular weight is 451 g/mol. The van der Waals surface area contributed by atoms with Crippen molar-refractivity contribution < 1.29 is 23.5 Å². The molecule has 0 bridgehead atoms. The molecule has 0 aromatic heterocycles. The van der Waals surface area contributed by atoms with Gasteiger partial charge in [-0.3, -0.25) is 9.59 Å². The summed E-state index contributed by atoms with van der Waals surface area (Å²) in [4.78, 5) is 26.8. The van der Waals surface area contributed by atoms with Crippen LogP contribution in [0.2, 0.25) is 0 Å². The van der Waals surface area contributed by atoms with Gasteiger partial charge in [0.2, 0.25) is 11.8 Å². The van der Waals surface area contributed by atoms with E-state index in [4.69, 9.17) is 9.47 Å². The van der Waals surface area contributed by atoms with E-state index in [1.807, 2.05) is 24.3 Å². The zero-order valence-electron chi connectivity index (χ0n) is 15.3. The summed E-state index contributed by atoms with van der Waals surface area (Å²) in [5.41, 5.74) is 1.01. The summed E-state index contributed by atoms with van der Waals surface area (Å²) < 4.78 is 25.1. The Morgan fingerprint density at radius 3 is 2.82 bits per heavy atom. The molecule has 28 heavy (non-hydrogen) atoms. The largest absolute Gasteiger partial charge is 0.488 e. The quantitative estimate of drug-likeness (QED) is 0.516. The molecular formula is C20H20BrFN2O4. The topological polar surface area (TPSA) is 67.9 Å². The van der Waals surface area contributed by atoms with E-state index in [9.17, 15) is 14.0 Å². The van der Waals surface area contributed by atoms with Crippen LogP contribution in [-0.4, -0.2) is 38.7 Å². The third kappa shape index (κ3) is 4.69. The molecule has 2 aromatic rings. The van der Waals surface area contributed by atoms with Gasteiger partial charge in [-0.05, 0) is 36.8 Å². The molecule has 0 saturated carbocycles. The second-order valence-corrected chi connectivity index (χ2v) is 7.20. The van der Waals surface area contributed by atoms with Gasteiger partial charge < -0.3 is 19.7 Å². The predicted octanol–water partition coefficient (Wildman–Crippen LogP) is 3.61. The fraction of sp³-hybridized carbons (Fsp3) is 0.300. The highest BCUT2D eigenvalue weighted by Crippen LogP contribution is 2.28. The van der Waals surface area contributed by atoms with Gasteiger partial charge in [0.25, 0.3) is 0 Å². The number of anilines is 2. The summed E-state index contributed by atoms with van der Waals surface area (Å²) in [5, 5.41) is 2.62. The zero-order valence-corrected chi connectivity index (χ0v) is 16.9. The molecule has 0 aliphatic carbocycles. The van der Waals surface area contributed by atoms with Gasteiger partial charge in [-0.1, -0.05) is 22.0 Å². The number of halogens is 2. The highest BCUT2D eigenvalue weighted by atomic mass is 79.9. The van der Waals surface area contributed by atoms with Gasteiger partial charge in [0.05, 0.1) is 6.61 Å². The summed E-state index contributed by atoms with van der Waals surface area (Å²) in [6, 6.07) is 11.5. The van der Waals surface area contributed by atoms with E-state index in [-0.39, 0.29) is 24.0 Å². The number of rotatable bonds is 7. The molecular weight excluding hydrogens is 431 g/mol. The first-order chi connectivity index (χ1) is 13.5. The third-order valence-electron chi connectivity index (χ3n) is 4.39. The molecule has 3 rings (SSSR count). The van der Waals surface area contributed by atoms with Crippen LogP contribution >= 0.6 is 15.9 Å². The molecule has 148 valence electrons. The molecule has 1 saturated heterocycles. The predicted molar refractivity (Wildman–Crippen MR) is 107 cm³/mol. The lowest BCUT2D eigenvalue weighted by atomic mass is 10.1. The lowest BCUT2D eigenvalue weighted by molar-refractivity contribution is -0.129. The van der Waals surface area contributed by atoms with Crippen LogP contribution in [0.1, 0.15) is 6.42 Å². The monoisotopic (exact) mass is 450 g/mol. The van der Waals surface area contributed by atoms with Crippen LogP contribution in [0.5, 0.6) is 5.75 Å². The van der Waals surface area contributed by atoms with Crippen molar-refractivity contribution >= 4 is 39.1 Å². The number of carbonyl (C=O) groups excluding carboxylic acids is 2. The van der Waals surface area contributed by atoms with Crippen LogP contribution in [-0.2, 0) is 14.3 Å². The lowest BCUT2D eigenvalue weighted by Crippen LogP contribution is -2.33. The molecule has 8 heteroatoms. The number of hydrogen-bond acceptors (Lipinski definition) is 4. The number of nitrogens with zero attached hydrogens (tertiary/aromatic N) is 1. The molecule has 0 radical (unpaired) electrons. The molecule has 2 aromatic carbocycles. The Labute approximate surface area is 170 Å². The Hall–Kier alpha value is -2.45. The highest BCUT2D eigenvalue weighted by Gasteiger charge is 2.37. The minimum absolute atomic E-state index is 0.0767. The minimum Gasteiger partial charge on any atom is -0.488 e. The van der Waals surface area contributed by atoms with Crippen LogP contribution in [0.3, 0.4) is 0 Å². The van der Waals surface area contributed by atoms with Crippen LogP contribution < -0.4 is 15.0 Å². The van der Waals surface area contributed by atoms with E-state index in [0.29, 0.717) is 19.6 Å². The molecule has 6 nitrogen and oxygen atoms in total. The van der Waals surface area contributed by atoms with E-state index < -0.39 is 17.6 Å². The molecule has 1 unspecified atom stereocenters. The Morgan fingerprint density at radius 2 is 2.11 bits per heavy atom. The number of nitrogens with one attached hydrogen (secondary N) is 1. The molecule has 1 N–H and O–H groups in total. The maximum Gasteiger partial charge on any atom is 0.239 e. The lowest BCUT2D eigenvalue weighted by Gasteiger charge is -2.17. The molecule has 1 aliphatic rings. The van der Waals surface area contributed by atoms with Crippen molar-refractivity contribution in [1.82, 2.24) is 0 Å². The number of ether oxygens (including phenoxy) is 2. The summed E-state index contributed by atoms with van der Waals surface area (Å²) in [5.74, 6) is -2.04. The van der Waals surface area contributed by atoms with Gasteiger partial charge >= 0.3 is 0 Å². The van der Waals surface area contributed by atoms with E-state index in [1.165, 1.54) is 25.3 Å². The number of methoxy groups -OCH3 is 1. The third-order valence-corrected chi connectivity index (χ3v) is 4.88. The number of benzene rings is 2. The van der Waals surface area contributed by atoms with Gasteiger partial charge in [0, 0.05) is 35.6 Å². The van der Waals surface area contributed by atoms with Crippen molar-refractivity contribution in [2.45, 2.75) is 6.42 Å². The molecule has 1 heterocycles. The standard InChI is InChI=1S/C20H20BrFN2O4/c1-27-9-10-28-18-6-5-14(12-17(18)22)23-19(25)16-7-8-24(20(16)26)15-4-2-3-13(21)11-15/h2-6,11-12,16H,7-10H2,1H3,(H,23,25). The zero-order chi connectivity index (χ0) is 20.1. The van der Waals surface area contributed by atoms with Crippen molar-refractivity contribution in [2.75, 3.05) is 37.1 Å². The van der Waals surface area contributed by atoms with Gasteiger partial charge in [-0.2, -0.15) is 0 Å². The van der Waals surface area contributed by atoms with Crippen LogP contribution in [0.4, 0.5) is 15.8 Å². The van der Waals surface area contributed by atoms with Crippen molar-refractivity contribution in [3.63, 3.8) is 0 Å². The normalized spacial score (nSPS) is 16.3. The van der Waals surface area contributed by atoms with Crippen LogP contribution in [0.15, 0.2) is 46.9 Å². The van der Waals surface area contributed by atoms with Gasteiger partial charge in [0.15, 0.2) is 11.6 Å². The number of amides is 2. The van der Waals surface area contributed by atoms with E-state index in [0.717, 1.165) is 10.2 Å². The number of hydrogen-bond donors (Lipinski definition) is 1. The van der Waals surface area contributed by atoms with Crippen molar-refractivity contribution in [3.05, 3.63) is 52.8 Å². The Morgan fingerprint density at radius 1 is 1.29 bits per heavy atom. The van der Waals surface area contributed by atoms with E-state index in [2.05, 4.69) is 21.2 Å². The van der Waals surface area contributed by atoms with Crippen LogP contribution in [0.25, 0.3) is 0 Å². The maximum atomic E-state index is 14.1. The summed E-state index contributed by atoms with van der Waals surface area (Å²) in [6.07, 6.45) is 0.401. The van der Waals surface area contributed by atoms with E-state index >= 15 is 0 Å². The van der Waals surface area contributed by atoms with Gasteiger partial charge in [-0.25, -0.2) is 4.39 Å². The maximum absolute atomic E-state index is 14.1. The Balaban J connectivity index is 1.63. The SMILES string of the molecule is COCCOc1ccc(NC(=O)C2CCN(c3cccc(Br)c3)C2=O)cc1F. The average Bonchev–Trinajstić information content (AvgIpc) is 3.05. The van der Waals surface area contributed by atoms with Crippen molar-refractivity contribution in [1.29, 1.82) is 0 Å². The van der Waals surface area contributed by atoms with Crippen LogP contribution in [0, 0.1) is 11.7 Å². The summed E-state index contributed by atoms with van der Waals surface area (Å²) in [6.45, 7) is 1.02. The molecule has 1 aliphatic heterocycles. The summed E-state index contributed by atoms with van der Waals surface area (Å²) in [7, 11) is 1.53. The van der Waals surface area contributed by atoms with Crippen molar-refractivity contribution in [3.8, 4) is 5.75 Å². The second kappa shape index (κ2) is 9.16. The molecule has 0 spiro atoms. The first kappa shape index (κ1) is 20.3. The number of carbonyl (C=O) groups is 2. The Bertz CT molecular complexity index is 877. The molecule has 2 amide bonds. The minimum atomic E-state index is -0.806. The second-order valence-electron chi connectivity index (χ2n) is 6.29. The molecule has 1 fully saturated rings. The fourth-order valence-corrected chi connectivity index (χ4v) is 3.37. The highest BCUT2D eigenvalue weighted by molar-refractivity contribution is 9.10. The Kier molecular flexibility index (Phi) is 6.64. The smallest absolute Gasteiger partial charge is 0.239 e. The van der Waals surface area contributed by atoms with E-state index in [1.54, 1.807) is 4.90 Å². The first-order valence-electron chi connectivity index (χ1n) is 8.78. The van der Waals surface area contributed by atoms with Gasteiger partial charge in [-0.15, -0.1) is 0 Å². The van der Waals surface area contributed by atoms with Gasteiger partial charge in [0.1, 0.15) is 12.5 Å². The fourth-order valence-electron chi connectivity index (χ4n) is 2.98. The molecule has 1 atom stereocenters. The first-order valence-corrected chi connectivity index (χ1v) is 9.58.